The number of rotatable bonds is 4. The van der Waals surface area contributed by atoms with Crippen molar-refractivity contribution in [1.29, 1.82) is 0 Å². The summed E-state index contributed by atoms with van der Waals surface area (Å²) in [7, 11) is 0. The normalized spacial score (nSPS) is 15.8. The van der Waals surface area contributed by atoms with Crippen LogP contribution in [0.15, 0.2) is 11.1 Å². The smallest absolute Gasteiger partial charge is 0.372 e. The highest BCUT2D eigenvalue weighted by atomic mass is 16.4. The van der Waals surface area contributed by atoms with Gasteiger partial charge in [0.25, 0.3) is 0 Å². The van der Waals surface area contributed by atoms with Crippen LogP contribution in [0.5, 0.6) is 0 Å². The lowest BCUT2D eigenvalue weighted by Gasteiger charge is -2.00. The number of aliphatic carboxylic acids is 1. The molecule has 0 radical (unpaired) electrons. The molecule has 0 aliphatic heterocycles. The van der Waals surface area contributed by atoms with Gasteiger partial charge in [0.15, 0.2) is 5.78 Å². The summed E-state index contributed by atoms with van der Waals surface area (Å²) in [6.07, 6.45) is 1.98. The lowest BCUT2D eigenvalue weighted by Crippen LogP contribution is -2.18. The number of carboxylic acid groups (broad SMARTS) is 1. The molecule has 4 nitrogen and oxygen atoms in total. The number of hydrogen-bond acceptors (Lipinski definition) is 3. The van der Waals surface area contributed by atoms with Gasteiger partial charge in [-0.2, -0.15) is 0 Å². The minimum atomic E-state index is -1.53. The molecule has 1 aliphatic rings. The monoisotopic (exact) mass is 196 g/mol. The van der Waals surface area contributed by atoms with E-state index in [1.165, 1.54) is 0 Å². The van der Waals surface area contributed by atoms with E-state index in [0.29, 0.717) is 12.0 Å². The summed E-state index contributed by atoms with van der Waals surface area (Å²) in [4.78, 5) is 32.4. The van der Waals surface area contributed by atoms with E-state index in [2.05, 4.69) is 0 Å². The average molecular weight is 196 g/mol. The number of Topliss-reactive ketones (excluding diaryl/α,β-unsaturated/α-hetero) is 2. The summed E-state index contributed by atoms with van der Waals surface area (Å²) in [5.41, 5.74) is 1.65. The van der Waals surface area contributed by atoms with Gasteiger partial charge in [0.1, 0.15) is 0 Å². The minimum absolute atomic E-state index is 0.326. The summed E-state index contributed by atoms with van der Waals surface area (Å²) in [5, 5.41) is 8.32. The lowest BCUT2D eigenvalue weighted by molar-refractivity contribution is -0.150. The van der Waals surface area contributed by atoms with Crippen molar-refractivity contribution in [1.82, 2.24) is 0 Å². The zero-order chi connectivity index (χ0) is 10.7. The van der Waals surface area contributed by atoms with Crippen molar-refractivity contribution in [3.05, 3.63) is 11.1 Å². The van der Waals surface area contributed by atoms with Crippen molar-refractivity contribution in [3.8, 4) is 0 Å². The van der Waals surface area contributed by atoms with Gasteiger partial charge in [-0.15, -0.1) is 0 Å². The molecular weight excluding hydrogens is 184 g/mol. The Morgan fingerprint density at radius 3 is 2.36 bits per heavy atom. The maximum atomic E-state index is 11.4. The molecule has 1 rings (SSSR count). The van der Waals surface area contributed by atoms with Gasteiger partial charge >= 0.3 is 5.97 Å². The van der Waals surface area contributed by atoms with E-state index in [0.717, 1.165) is 18.4 Å². The molecule has 0 aromatic carbocycles. The molecule has 0 amide bonds. The quantitative estimate of drug-likeness (QED) is 0.539. The molecule has 0 unspecified atom stereocenters. The van der Waals surface area contributed by atoms with Crippen molar-refractivity contribution >= 4 is 17.5 Å². The van der Waals surface area contributed by atoms with Gasteiger partial charge in [-0.1, -0.05) is 5.57 Å². The van der Waals surface area contributed by atoms with E-state index < -0.39 is 18.2 Å². The first kappa shape index (κ1) is 10.6. The Kier molecular flexibility index (Phi) is 3.17. The van der Waals surface area contributed by atoms with Gasteiger partial charge in [0, 0.05) is 0 Å². The second kappa shape index (κ2) is 4.17. The molecule has 0 saturated heterocycles. The third-order valence-corrected chi connectivity index (χ3v) is 2.39. The van der Waals surface area contributed by atoms with Crippen LogP contribution in [0, 0.1) is 0 Å². The van der Waals surface area contributed by atoms with Gasteiger partial charge < -0.3 is 5.11 Å². The van der Waals surface area contributed by atoms with Crippen molar-refractivity contribution in [2.75, 3.05) is 0 Å². The van der Waals surface area contributed by atoms with Crippen LogP contribution >= 0.6 is 0 Å². The van der Waals surface area contributed by atoms with E-state index in [9.17, 15) is 14.4 Å². The van der Waals surface area contributed by atoms with Crippen molar-refractivity contribution in [2.24, 2.45) is 0 Å². The summed E-state index contributed by atoms with van der Waals surface area (Å²) in [6, 6.07) is 0. The molecule has 14 heavy (non-hydrogen) atoms. The number of allylic oxidation sites excluding steroid dienone is 2. The molecule has 0 aromatic rings. The van der Waals surface area contributed by atoms with E-state index in [1.54, 1.807) is 0 Å². The van der Waals surface area contributed by atoms with Gasteiger partial charge in [-0.05, 0) is 31.8 Å². The van der Waals surface area contributed by atoms with E-state index >= 15 is 0 Å². The van der Waals surface area contributed by atoms with Crippen molar-refractivity contribution in [3.63, 3.8) is 0 Å². The topological polar surface area (TPSA) is 71.4 Å². The largest absolute Gasteiger partial charge is 0.475 e. The fraction of sp³-hybridized carbons (Fsp3) is 0.500. The molecule has 0 bridgehead atoms. The van der Waals surface area contributed by atoms with E-state index in [-0.39, 0.29) is 5.78 Å². The number of carboxylic acids is 1. The Bertz CT molecular complexity index is 325. The number of carbonyl (C=O) groups is 3. The van der Waals surface area contributed by atoms with Gasteiger partial charge in [0.05, 0.1) is 6.42 Å². The fourth-order valence-corrected chi connectivity index (χ4v) is 1.60. The number of ketones is 2. The summed E-state index contributed by atoms with van der Waals surface area (Å²) >= 11 is 0. The van der Waals surface area contributed by atoms with Crippen LogP contribution in [0.1, 0.15) is 32.6 Å². The fourth-order valence-electron chi connectivity index (χ4n) is 1.60. The Labute approximate surface area is 81.6 Å². The second-order valence-electron chi connectivity index (χ2n) is 3.44. The van der Waals surface area contributed by atoms with E-state index in [1.807, 2.05) is 6.92 Å². The van der Waals surface area contributed by atoms with Crippen molar-refractivity contribution < 1.29 is 19.5 Å². The molecule has 76 valence electrons. The highest BCUT2D eigenvalue weighted by Crippen LogP contribution is 2.26. The Balaban J connectivity index is 2.63. The molecule has 0 atom stereocenters. The standard InChI is InChI=1S/C10H12O4/c1-6-3-2-4-7(6)8(11)5-9(12)10(13)14/h2-5H2,1H3,(H,13,14). The molecule has 4 heteroatoms. The van der Waals surface area contributed by atoms with Crippen LogP contribution in [0.2, 0.25) is 0 Å². The van der Waals surface area contributed by atoms with Crippen LogP contribution in [0.25, 0.3) is 0 Å². The van der Waals surface area contributed by atoms with E-state index in [4.69, 9.17) is 5.11 Å². The zero-order valence-corrected chi connectivity index (χ0v) is 8.00. The van der Waals surface area contributed by atoms with Crippen LogP contribution in [-0.2, 0) is 14.4 Å². The number of hydrogen-bond donors (Lipinski definition) is 1. The van der Waals surface area contributed by atoms with Gasteiger partial charge in [0.2, 0.25) is 5.78 Å². The predicted molar refractivity (Wildman–Crippen MR) is 48.8 cm³/mol. The van der Waals surface area contributed by atoms with Gasteiger partial charge in [-0.25, -0.2) is 4.79 Å². The van der Waals surface area contributed by atoms with Crippen LogP contribution in [-0.4, -0.2) is 22.6 Å². The minimum Gasteiger partial charge on any atom is -0.475 e. The second-order valence-corrected chi connectivity index (χ2v) is 3.44. The SMILES string of the molecule is CC1=C(C(=O)CC(=O)C(=O)O)CCC1. The molecule has 0 aromatic heterocycles. The summed E-state index contributed by atoms with van der Waals surface area (Å²) in [6.45, 7) is 1.85. The maximum absolute atomic E-state index is 11.4. The van der Waals surface area contributed by atoms with Crippen LogP contribution < -0.4 is 0 Å². The predicted octanol–water partition coefficient (Wildman–Crippen LogP) is 1.10. The third kappa shape index (κ3) is 2.28. The highest BCUT2D eigenvalue weighted by Gasteiger charge is 2.22. The summed E-state index contributed by atoms with van der Waals surface area (Å²) in [5.74, 6) is -2.88. The molecular formula is C10H12O4. The highest BCUT2D eigenvalue weighted by molar-refractivity contribution is 6.37. The first-order chi connectivity index (χ1) is 6.52. The molecule has 0 fully saturated rings. The molecule has 0 heterocycles. The van der Waals surface area contributed by atoms with Crippen molar-refractivity contribution in [2.45, 2.75) is 32.6 Å². The maximum Gasteiger partial charge on any atom is 0.372 e. The third-order valence-electron chi connectivity index (χ3n) is 2.39. The van der Waals surface area contributed by atoms with Crippen LogP contribution in [0.4, 0.5) is 0 Å². The lowest BCUT2D eigenvalue weighted by atomic mass is 10.0. The van der Waals surface area contributed by atoms with Gasteiger partial charge in [-0.3, -0.25) is 9.59 Å². The first-order valence-corrected chi connectivity index (χ1v) is 4.50. The van der Waals surface area contributed by atoms with Crippen LogP contribution in [0.3, 0.4) is 0 Å². The summed E-state index contributed by atoms with van der Waals surface area (Å²) < 4.78 is 0. The Morgan fingerprint density at radius 2 is 1.93 bits per heavy atom. The zero-order valence-electron chi connectivity index (χ0n) is 8.00. The molecule has 1 aliphatic carbocycles. The Morgan fingerprint density at radius 1 is 1.29 bits per heavy atom. The average Bonchev–Trinajstić information content (AvgIpc) is 2.51. The molecule has 0 spiro atoms. The molecule has 0 saturated carbocycles. The number of carbonyl (C=O) groups excluding carboxylic acids is 2. The molecule has 1 N–H and O–H groups in total. The first-order valence-electron chi connectivity index (χ1n) is 4.50. The Hall–Kier alpha value is -1.45.